The number of carbonyl (C=O) groups excluding carboxylic acids is 1. The number of azo groups is 1. The number of rotatable bonds is 4. The van der Waals surface area contributed by atoms with Gasteiger partial charge in [0, 0.05) is 11.5 Å². The van der Waals surface area contributed by atoms with Crippen molar-refractivity contribution in [3.05, 3.63) is 29.8 Å². The first-order chi connectivity index (χ1) is 10.5. The summed E-state index contributed by atoms with van der Waals surface area (Å²) < 4.78 is 23.9. The van der Waals surface area contributed by atoms with Crippen LogP contribution < -0.4 is 0 Å². The minimum absolute atomic E-state index is 0.280. The predicted molar refractivity (Wildman–Crippen MR) is 79.6 cm³/mol. The number of hydrogen-bond donors (Lipinski definition) is 0. The summed E-state index contributed by atoms with van der Waals surface area (Å²) in [4.78, 5) is 11.5. The monoisotopic (exact) mass is 322 g/mol. The molecule has 0 saturated carbocycles. The summed E-state index contributed by atoms with van der Waals surface area (Å²) in [5.74, 6) is -1.09. The van der Waals surface area contributed by atoms with Crippen molar-refractivity contribution < 1.29 is 18.5 Å². The number of aryl methyl sites for hydroxylation is 1. The third-order valence-electron chi connectivity index (χ3n) is 4.02. The van der Waals surface area contributed by atoms with Crippen LogP contribution in [-0.2, 0) is 25.1 Å². The molecular formula is C15H18N2O4S. The average molecular weight is 322 g/mol. The van der Waals surface area contributed by atoms with Crippen molar-refractivity contribution in [2.75, 3.05) is 6.61 Å². The number of ether oxygens (including phenoxy) is 2. The Morgan fingerprint density at radius 1 is 1.36 bits per heavy atom. The van der Waals surface area contributed by atoms with Gasteiger partial charge in [0.15, 0.2) is 0 Å². The summed E-state index contributed by atoms with van der Waals surface area (Å²) in [7, 11) is -1.68. The molecule has 22 heavy (non-hydrogen) atoms. The summed E-state index contributed by atoms with van der Waals surface area (Å²) in [5.41, 5.74) is 1.05. The molecular weight excluding hydrogens is 304 g/mol. The highest BCUT2D eigenvalue weighted by atomic mass is 32.2. The molecule has 0 spiro atoms. The summed E-state index contributed by atoms with van der Waals surface area (Å²) in [6, 6.07) is 6.93. The third-order valence-corrected chi connectivity index (χ3v) is 5.80. The van der Waals surface area contributed by atoms with Crippen LogP contribution >= 0.6 is 0 Å². The van der Waals surface area contributed by atoms with Gasteiger partial charge in [-0.3, -0.25) is 4.21 Å². The predicted octanol–water partition coefficient (Wildman–Crippen LogP) is 2.19. The standard InChI is InChI=1S/C15H18N2O4S/c1-4-20-13-12-10(3)16-17-15(12,14(18)21-13)22(19)11-7-5-9(2)6-8-11/h5-8,10,12-13H,4H2,1-3H3/t10-,12+,13+,15-,22-/m0/s1. The lowest BCUT2D eigenvalue weighted by Gasteiger charge is -2.23. The lowest BCUT2D eigenvalue weighted by atomic mass is 9.96. The topological polar surface area (TPSA) is 77.3 Å². The number of esters is 1. The zero-order valence-electron chi connectivity index (χ0n) is 12.7. The SMILES string of the molecule is CCO[C@@H]1OC(=O)[C@]2([S@@](=O)c3ccc(C)cc3)N=N[C@@H](C)[C@H]12. The van der Waals surface area contributed by atoms with Gasteiger partial charge in [0.25, 0.3) is 4.87 Å². The molecule has 3 rings (SSSR count). The van der Waals surface area contributed by atoms with E-state index in [0.29, 0.717) is 11.5 Å². The van der Waals surface area contributed by atoms with Gasteiger partial charge in [0.05, 0.1) is 22.8 Å². The van der Waals surface area contributed by atoms with E-state index in [1.54, 1.807) is 12.1 Å². The quantitative estimate of drug-likeness (QED) is 0.796. The second-order valence-electron chi connectivity index (χ2n) is 5.49. The van der Waals surface area contributed by atoms with Gasteiger partial charge in [0.1, 0.15) is 0 Å². The first-order valence-corrected chi connectivity index (χ1v) is 8.39. The van der Waals surface area contributed by atoms with Crippen LogP contribution in [0.1, 0.15) is 19.4 Å². The molecule has 0 aromatic heterocycles. The maximum absolute atomic E-state index is 13.1. The third kappa shape index (κ3) is 2.11. The van der Waals surface area contributed by atoms with E-state index in [1.165, 1.54) is 0 Å². The van der Waals surface area contributed by atoms with Crippen molar-refractivity contribution in [2.45, 2.75) is 42.9 Å². The molecule has 2 aliphatic heterocycles. The van der Waals surface area contributed by atoms with Crippen LogP contribution in [0.25, 0.3) is 0 Å². The number of cyclic esters (lactones) is 1. The highest BCUT2D eigenvalue weighted by Gasteiger charge is 2.68. The van der Waals surface area contributed by atoms with Gasteiger partial charge in [0.2, 0.25) is 6.29 Å². The Balaban J connectivity index is 2.02. The Hall–Kier alpha value is -1.60. The first-order valence-electron chi connectivity index (χ1n) is 7.24. The molecule has 6 nitrogen and oxygen atoms in total. The Kier molecular flexibility index (Phi) is 3.86. The fraction of sp³-hybridized carbons (Fsp3) is 0.533. The van der Waals surface area contributed by atoms with Crippen LogP contribution in [0.3, 0.4) is 0 Å². The molecule has 0 aliphatic carbocycles. The lowest BCUT2D eigenvalue weighted by Crippen LogP contribution is -2.45. The maximum atomic E-state index is 13.1. The zero-order valence-corrected chi connectivity index (χ0v) is 13.5. The molecule has 1 fully saturated rings. The smallest absolute Gasteiger partial charge is 0.352 e. The summed E-state index contributed by atoms with van der Waals surface area (Å²) >= 11 is 0. The Morgan fingerprint density at radius 3 is 2.68 bits per heavy atom. The summed E-state index contributed by atoms with van der Waals surface area (Å²) in [6.45, 7) is 5.99. The second kappa shape index (κ2) is 5.55. The normalized spacial score (nSPS) is 34.5. The highest BCUT2D eigenvalue weighted by Crippen LogP contribution is 2.47. The largest absolute Gasteiger partial charge is 0.433 e. The molecule has 0 unspecified atom stereocenters. The fourth-order valence-electron chi connectivity index (χ4n) is 2.87. The molecule has 2 heterocycles. The van der Waals surface area contributed by atoms with Crippen LogP contribution in [0.4, 0.5) is 0 Å². The number of fused-ring (bicyclic) bond motifs is 1. The zero-order chi connectivity index (χ0) is 15.9. The van der Waals surface area contributed by atoms with Crippen molar-refractivity contribution in [1.29, 1.82) is 0 Å². The van der Waals surface area contributed by atoms with E-state index in [-0.39, 0.29) is 6.04 Å². The van der Waals surface area contributed by atoms with Crippen LogP contribution in [0.5, 0.6) is 0 Å². The van der Waals surface area contributed by atoms with E-state index in [0.717, 1.165) is 5.56 Å². The molecule has 0 amide bonds. The molecule has 1 saturated heterocycles. The van der Waals surface area contributed by atoms with Crippen molar-refractivity contribution in [1.82, 2.24) is 0 Å². The van der Waals surface area contributed by atoms with Crippen LogP contribution in [0.2, 0.25) is 0 Å². The molecule has 0 radical (unpaired) electrons. The number of hydrogen-bond acceptors (Lipinski definition) is 6. The minimum atomic E-state index is -1.68. The van der Waals surface area contributed by atoms with Gasteiger partial charge < -0.3 is 9.47 Å². The van der Waals surface area contributed by atoms with Crippen LogP contribution in [0.15, 0.2) is 39.4 Å². The molecule has 1 aromatic carbocycles. The Labute approximate surface area is 131 Å². The van der Waals surface area contributed by atoms with Crippen molar-refractivity contribution in [3.63, 3.8) is 0 Å². The molecule has 0 bridgehead atoms. The van der Waals surface area contributed by atoms with Gasteiger partial charge in [-0.15, -0.1) is 0 Å². The van der Waals surface area contributed by atoms with E-state index in [9.17, 15) is 9.00 Å². The molecule has 1 aromatic rings. The van der Waals surface area contributed by atoms with E-state index >= 15 is 0 Å². The second-order valence-corrected chi connectivity index (χ2v) is 7.12. The van der Waals surface area contributed by atoms with E-state index in [1.807, 2.05) is 32.9 Å². The number of carbonyl (C=O) groups is 1. The summed E-state index contributed by atoms with van der Waals surface area (Å²) in [5, 5.41) is 8.18. The van der Waals surface area contributed by atoms with E-state index in [2.05, 4.69) is 10.2 Å². The fourth-order valence-corrected chi connectivity index (χ4v) is 4.49. The first kappa shape index (κ1) is 15.3. The van der Waals surface area contributed by atoms with Crippen LogP contribution in [-0.4, -0.2) is 34.0 Å². The maximum Gasteiger partial charge on any atom is 0.352 e. The Morgan fingerprint density at radius 2 is 2.05 bits per heavy atom. The minimum Gasteiger partial charge on any atom is -0.433 e. The molecule has 118 valence electrons. The van der Waals surface area contributed by atoms with Crippen molar-refractivity contribution >= 4 is 16.8 Å². The Bertz CT molecular complexity index is 645. The molecule has 5 atom stereocenters. The lowest BCUT2D eigenvalue weighted by molar-refractivity contribution is -0.167. The number of benzene rings is 1. The molecule has 7 heteroatoms. The van der Waals surface area contributed by atoms with Crippen molar-refractivity contribution in [3.8, 4) is 0 Å². The van der Waals surface area contributed by atoms with Gasteiger partial charge in [-0.25, -0.2) is 4.79 Å². The van der Waals surface area contributed by atoms with Crippen LogP contribution in [0, 0.1) is 12.8 Å². The summed E-state index contributed by atoms with van der Waals surface area (Å²) in [6.07, 6.45) is -0.753. The number of nitrogens with zero attached hydrogens (tertiary/aromatic N) is 2. The average Bonchev–Trinajstić information content (AvgIpc) is 2.98. The highest BCUT2D eigenvalue weighted by molar-refractivity contribution is 7.87. The molecule has 0 N–H and O–H groups in total. The van der Waals surface area contributed by atoms with Gasteiger partial charge in [-0.1, -0.05) is 17.7 Å². The van der Waals surface area contributed by atoms with Crippen molar-refractivity contribution in [2.24, 2.45) is 16.1 Å². The van der Waals surface area contributed by atoms with Gasteiger partial charge >= 0.3 is 5.97 Å². The van der Waals surface area contributed by atoms with E-state index in [4.69, 9.17) is 9.47 Å². The van der Waals surface area contributed by atoms with Gasteiger partial charge in [-0.05, 0) is 32.9 Å². The molecule has 2 aliphatic rings. The van der Waals surface area contributed by atoms with E-state index < -0.39 is 33.8 Å². The van der Waals surface area contributed by atoms with Gasteiger partial charge in [-0.2, -0.15) is 10.2 Å².